The van der Waals surface area contributed by atoms with Crippen LogP contribution in [0, 0.1) is 5.82 Å². The number of alkyl halides is 4. The summed E-state index contributed by atoms with van der Waals surface area (Å²) in [6.45, 7) is 0.694. The highest BCUT2D eigenvalue weighted by molar-refractivity contribution is 5.89. The Morgan fingerprint density at radius 2 is 1.04 bits per heavy atom. The molecule has 242 valence electrons. The minimum Gasteiger partial charge on any atom is -0.435 e. The van der Waals surface area contributed by atoms with E-state index < -0.39 is 24.8 Å². The lowest BCUT2D eigenvalue weighted by Gasteiger charge is -2.11. The van der Waals surface area contributed by atoms with Gasteiger partial charge in [-0.25, -0.2) is 4.39 Å². The Balaban J connectivity index is 0.000000185. The van der Waals surface area contributed by atoms with E-state index in [9.17, 15) is 22.0 Å². The van der Waals surface area contributed by atoms with Crippen LogP contribution in [0.5, 0.6) is 11.5 Å². The third-order valence-electron chi connectivity index (χ3n) is 8.25. The number of halogens is 5. The smallest absolute Gasteiger partial charge is 0.387 e. The molecule has 6 aromatic carbocycles. The van der Waals surface area contributed by atoms with Crippen LogP contribution >= 0.6 is 0 Å². The average Bonchev–Trinajstić information content (AvgIpc) is 3.08. The minimum atomic E-state index is -3.04. The summed E-state index contributed by atoms with van der Waals surface area (Å²) >= 11 is 0. The van der Waals surface area contributed by atoms with Gasteiger partial charge in [0, 0.05) is 0 Å². The Bertz CT molecular complexity index is 1950. The first-order chi connectivity index (χ1) is 22.6. The lowest BCUT2D eigenvalue weighted by Crippen LogP contribution is -2.03. The molecule has 0 radical (unpaired) electrons. The summed E-state index contributed by atoms with van der Waals surface area (Å²) in [7, 11) is 0. The van der Waals surface area contributed by atoms with Crippen LogP contribution in [-0.4, -0.2) is 13.2 Å². The van der Waals surface area contributed by atoms with E-state index in [1.165, 1.54) is 34.0 Å². The Labute approximate surface area is 271 Å². The first-order valence-electron chi connectivity index (χ1n) is 15.5. The van der Waals surface area contributed by atoms with Gasteiger partial charge in [0.2, 0.25) is 0 Å². The van der Waals surface area contributed by atoms with Crippen molar-refractivity contribution < 1.29 is 31.4 Å². The second kappa shape index (κ2) is 15.1. The molecule has 6 rings (SSSR count). The third-order valence-corrected chi connectivity index (χ3v) is 8.25. The van der Waals surface area contributed by atoms with E-state index in [2.05, 4.69) is 78.8 Å². The van der Waals surface area contributed by atoms with Gasteiger partial charge in [-0.3, -0.25) is 0 Å². The van der Waals surface area contributed by atoms with Crippen molar-refractivity contribution >= 4 is 21.5 Å². The number of hydrogen-bond donors (Lipinski definition) is 0. The van der Waals surface area contributed by atoms with Crippen molar-refractivity contribution in [2.24, 2.45) is 0 Å². The Morgan fingerprint density at radius 3 is 1.64 bits per heavy atom. The molecule has 2 nitrogen and oxygen atoms in total. The van der Waals surface area contributed by atoms with Crippen molar-refractivity contribution in [3.8, 4) is 33.8 Å². The van der Waals surface area contributed by atoms with Crippen LogP contribution < -0.4 is 9.47 Å². The molecule has 0 spiro atoms. The summed E-state index contributed by atoms with van der Waals surface area (Å²) in [6.07, 6.45) is 2.09. The molecule has 0 amide bonds. The highest BCUT2D eigenvalue weighted by Crippen LogP contribution is 2.31. The zero-order valence-corrected chi connectivity index (χ0v) is 26.3. The molecule has 0 heterocycles. The van der Waals surface area contributed by atoms with Crippen molar-refractivity contribution in [3.05, 3.63) is 132 Å². The van der Waals surface area contributed by atoms with Gasteiger partial charge in [0.05, 0.1) is 0 Å². The number of aryl methyl sites for hydroxylation is 1. The molecule has 0 aromatic heterocycles. The van der Waals surface area contributed by atoms with Gasteiger partial charge >= 0.3 is 13.2 Å². The summed E-state index contributed by atoms with van der Waals surface area (Å²) in [5.74, 6) is -0.523. The minimum absolute atomic E-state index is 0.174. The molecule has 7 heteroatoms. The maximum absolute atomic E-state index is 13.9. The SMILES string of the molecule is CCC(C)c1ccc2cc(-c3ccc(OC(F)F)cc3)ccc2c1.CCc1ccc2cc(-c3ccc(OC(F)F)c(F)c3)ccc2c1. The van der Waals surface area contributed by atoms with Gasteiger partial charge in [0.15, 0.2) is 11.6 Å². The largest absolute Gasteiger partial charge is 0.435 e. The molecule has 0 saturated carbocycles. The van der Waals surface area contributed by atoms with Crippen molar-refractivity contribution in [3.63, 3.8) is 0 Å². The third kappa shape index (κ3) is 8.47. The molecule has 0 aliphatic rings. The van der Waals surface area contributed by atoms with Crippen LogP contribution in [0.4, 0.5) is 22.0 Å². The second-order valence-electron chi connectivity index (χ2n) is 11.3. The second-order valence-corrected chi connectivity index (χ2v) is 11.3. The molecule has 6 aromatic rings. The molecule has 0 N–H and O–H groups in total. The molecule has 47 heavy (non-hydrogen) atoms. The molecular formula is C40H35F5O2. The van der Waals surface area contributed by atoms with Crippen molar-refractivity contribution in [2.75, 3.05) is 0 Å². The summed E-state index contributed by atoms with van der Waals surface area (Å²) in [6, 6.07) is 35.6. The number of fused-ring (bicyclic) bond motifs is 2. The van der Waals surface area contributed by atoms with E-state index in [0.717, 1.165) is 40.3 Å². The summed E-state index contributed by atoms with van der Waals surface area (Å²) in [5.41, 5.74) is 6.08. The zero-order chi connectivity index (χ0) is 33.5. The highest BCUT2D eigenvalue weighted by Gasteiger charge is 2.12. The van der Waals surface area contributed by atoms with Crippen LogP contribution in [0.15, 0.2) is 115 Å². The maximum atomic E-state index is 13.9. The standard InChI is InChI=1S/C21H20F2O.C19H15F3O/c1-3-14(2)16-4-5-19-13-17(6-7-18(19)12-16)15-8-10-20(11-9-15)24-21(22)23;1-2-12-3-4-14-10-15(6-5-13(14)9-12)16-7-8-18(17(20)11-16)23-19(21)22/h4-14,21H,3H2,1-2H3;3-11,19H,2H2,1H3. The van der Waals surface area contributed by atoms with Crippen LogP contribution in [0.2, 0.25) is 0 Å². The molecule has 0 saturated heterocycles. The number of benzene rings is 6. The predicted molar refractivity (Wildman–Crippen MR) is 180 cm³/mol. The fraction of sp³-hybridized carbons (Fsp3) is 0.200. The van der Waals surface area contributed by atoms with Gasteiger partial charge in [0.25, 0.3) is 0 Å². The van der Waals surface area contributed by atoms with Crippen LogP contribution in [0.1, 0.15) is 44.2 Å². The molecule has 0 fully saturated rings. The first kappa shape index (κ1) is 33.5. The molecular weight excluding hydrogens is 607 g/mol. The molecule has 0 aliphatic heterocycles. The number of rotatable bonds is 9. The maximum Gasteiger partial charge on any atom is 0.387 e. The summed E-state index contributed by atoms with van der Waals surface area (Å²) in [4.78, 5) is 0. The van der Waals surface area contributed by atoms with E-state index in [0.29, 0.717) is 11.5 Å². The van der Waals surface area contributed by atoms with Gasteiger partial charge in [-0.15, -0.1) is 0 Å². The van der Waals surface area contributed by atoms with Gasteiger partial charge in [0.1, 0.15) is 5.75 Å². The molecule has 1 atom stereocenters. The van der Waals surface area contributed by atoms with Crippen LogP contribution in [0.25, 0.3) is 43.8 Å². The van der Waals surface area contributed by atoms with Crippen LogP contribution in [0.3, 0.4) is 0 Å². The highest BCUT2D eigenvalue weighted by atomic mass is 19.3. The first-order valence-corrected chi connectivity index (χ1v) is 15.5. The van der Waals surface area contributed by atoms with E-state index in [4.69, 9.17) is 0 Å². The number of hydrogen-bond acceptors (Lipinski definition) is 2. The monoisotopic (exact) mass is 642 g/mol. The molecule has 0 bridgehead atoms. The topological polar surface area (TPSA) is 18.5 Å². The van der Waals surface area contributed by atoms with E-state index >= 15 is 0 Å². The fourth-order valence-corrected chi connectivity index (χ4v) is 5.38. The van der Waals surface area contributed by atoms with Gasteiger partial charge in [-0.2, -0.15) is 17.6 Å². The lowest BCUT2D eigenvalue weighted by atomic mass is 9.94. The molecule has 0 aliphatic carbocycles. The quantitative estimate of drug-likeness (QED) is 0.146. The zero-order valence-electron chi connectivity index (χ0n) is 26.3. The number of ether oxygens (including phenoxy) is 2. The summed E-state index contributed by atoms with van der Waals surface area (Å²) < 4.78 is 71.1. The Morgan fingerprint density at radius 1 is 0.532 bits per heavy atom. The average molecular weight is 643 g/mol. The van der Waals surface area contributed by atoms with Crippen molar-refractivity contribution in [1.82, 2.24) is 0 Å². The fourth-order valence-electron chi connectivity index (χ4n) is 5.38. The van der Waals surface area contributed by atoms with Crippen molar-refractivity contribution in [1.29, 1.82) is 0 Å². The van der Waals surface area contributed by atoms with Crippen molar-refractivity contribution in [2.45, 2.75) is 52.8 Å². The van der Waals surface area contributed by atoms with Gasteiger partial charge in [-0.05, 0) is 110 Å². The van der Waals surface area contributed by atoms with E-state index in [-0.39, 0.29) is 5.75 Å². The van der Waals surface area contributed by atoms with E-state index in [1.54, 1.807) is 30.3 Å². The predicted octanol–water partition coefficient (Wildman–Crippen LogP) is 12.4. The summed E-state index contributed by atoms with van der Waals surface area (Å²) in [5, 5.41) is 4.56. The van der Waals surface area contributed by atoms with Crippen LogP contribution in [-0.2, 0) is 6.42 Å². The lowest BCUT2D eigenvalue weighted by molar-refractivity contribution is -0.0523. The van der Waals surface area contributed by atoms with E-state index in [1.807, 2.05) is 24.3 Å². The van der Waals surface area contributed by atoms with Gasteiger partial charge < -0.3 is 9.47 Å². The Kier molecular flexibility index (Phi) is 10.8. The van der Waals surface area contributed by atoms with Gasteiger partial charge in [-0.1, -0.05) is 99.6 Å². The Hall–Kier alpha value is -4.91. The normalized spacial score (nSPS) is 11.9. The molecule has 1 unspecified atom stereocenters.